The molecular weight excluding hydrogens is 477 g/mol. The van der Waals surface area contributed by atoms with E-state index in [-0.39, 0.29) is 11.8 Å². The van der Waals surface area contributed by atoms with E-state index in [0.29, 0.717) is 45.2 Å². The van der Waals surface area contributed by atoms with Crippen LogP contribution in [0.4, 0.5) is 0 Å². The summed E-state index contributed by atoms with van der Waals surface area (Å²) >= 11 is 1.92. The molecule has 0 aliphatic heterocycles. The second kappa shape index (κ2) is 15.9. The first-order valence-electron chi connectivity index (χ1n) is 9.86. The minimum Gasteiger partial charge on any atom is -0.480 e. The number of carbonyl (C=O) groups excluding carboxylic acids is 2. The predicted molar refractivity (Wildman–Crippen MR) is 118 cm³/mol. The fraction of sp³-hybridized carbons (Fsp3) is 0.833. The summed E-state index contributed by atoms with van der Waals surface area (Å²) in [4.78, 5) is 36.7. The lowest BCUT2D eigenvalue weighted by molar-refractivity contribution is -0.142. The molecule has 2 amide bonds. The van der Waals surface area contributed by atoms with Crippen LogP contribution in [0.15, 0.2) is 0 Å². The van der Waals surface area contributed by atoms with Gasteiger partial charge in [-0.15, -0.1) is 0 Å². The van der Waals surface area contributed by atoms with Crippen molar-refractivity contribution in [2.45, 2.75) is 76.9 Å². The van der Waals surface area contributed by atoms with Gasteiger partial charge >= 0.3 is 5.97 Å². The zero-order valence-electron chi connectivity index (χ0n) is 16.9. The summed E-state index contributed by atoms with van der Waals surface area (Å²) in [6.07, 6.45) is 4.25. The lowest BCUT2D eigenvalue weighted by Crippen LogP contribution is -2.54. The number of nitrogens with one attached hydrogen (secondary N) is 3. The number of carboxylic acid groups (broad SMARTS) is 1. The molecule has 164 valence electrons. The molecule has 0 bridgehead atoms. The van der Waals surface area contributed by atoms with Crippen molar-refractivity contribution in [3.8, 4) is 0 Å². The number of halogens is 1. The van der Waals surface area contributed by atoms with Gasteiger partial charge < -0.3 is 27.2 Å². The number of rotatable bonds is 16. The topological polar surface area (TPSA) is 160 Å². The fourth-order valence-corrected chi connectivity index (χ4v) is 3.32. The Labute approximate surface area is 181 Å². The van der Waals surface area contributed by atoms with Gasteiger partial charge in [0.25, 0.3) is 0 Å². The van der Waals surface area contributed by atoms with Gasteiger partial charge in [0.1, 0.15) is 12.1 Å². The third-order valence-electron chi connectivity index (χ3n) is 4.30. The van der Waals surface area contributed by atoms with Crippen LogP contribution < -0.4 is 25.6 Å². The lowest BCUT2D eigenvalue weighted by Gasteiger charge is -2.24. The van der Waals surface area contributed by atoms with Gasteiger partial charge in [-0.1, -0.05) is 20.3 Å². The Balaban J connectivity index is 4.98. The van der Waals surface area contributed by atoms with Crippen LogP contribution in [-0.4, -0.2) is 54.1 Å². The number of carbonyl (C=O) groups is 3. The Kier molecular flexibility index (Phi) is 15.3. The largest absolute Gasteiger partial charge is 0.480 e. The first-order valence-corrected chi connectivity index (χ1v) is 10.9. The van der Waals surface area contributed by atoms with Crippen LogP contribution in [0, 0.1) is 5.92 Å². The van der Waals surface area contributed by atoms with Crippen molar-refractivity contribution < 1.29 is 19.5 Å². The molecule has 0 fully saturated rings. The number of unbranched alkanes of at least 4 members (excludes halogenated alkanes) is 2. The Morgan fingerprint density at radius 3 is 1.75 bits per heavy atom. The van der Waals surface area contributed by atoms with Crippen molar-refractivity contribution >= 4 is 40.6 Å². The van der Waals surface area contributed by atoms with Crippen LogP contribution in [0.5, 0.6) is 0 Å². The summed E-state index contributed by atoms with van der Waals surface area (Å²) < 4.78 is 2.93. The second-order valence-electron chi connectivity index (χ2n) is 7.32. The van der Waals surface area contributed by atoms with Crippen LogP contribution in [-0.2, 0) is 14.4 Å². The molecule has 0 aliphatic carbocycles. The van der Waals surface area contributed by atoms with Crippen molar-refractivity contribution in [1.82, 2.24) is 14.2 Å². The number of aliphatic carboxylic acids is 1. The van der Waals surface area contributed by atoms with Crippen molar-refractivity contribution in [3.05, 3.63) is 0 Å². The number of hydrogen-bond acceptors (Lipinski definition) is 6. The molecule has 8 N–H and O–H groups in total. The van der Waals surface area contributed by atoms with Gasteiger partial charge in [0.2, 0.25) is 11.8 Å². The quantitative estimate of drug-likeness (QED) is 0.100. The molecule has 0 spiro atoms. The molecule has 0 aromatic rings. The molecule has 0 saturated carbocycles. The van der Waals surface area contributed by atoms with Gasteiger partial charge in [-0.05, 0) is 57.5 Å². The Morgan fingerprint density at radius 1 is 0.857 bits per heavy atom. The summed E-state index contributed by atoms with van der Waals surface area (Å²) in [5, 5.41) is 14.7. The van der Waals surface area contributed by atoms with E-state index in [1.807, 2.05) is 36.7 Å². The van der Waals surface area contributed by atoms with Crippen LogP contribution in [0.25, 0.3) is 0 Å². The molecule has 0 heterocycles. The van der Waals surface area contributed by atoms with Crippen LogP contribution in [0.2, 0.25) is 0 Å². The zero-order chi connectivity index (χ0) is 21.5. The maximum Gasteiger partial charge on any atom is 0.326 e. The van der Waals surface area contributed by atoms with E-state index in [1.165, 1.54) is 0 Å². The third-order valence-corrected chi connectivity index (χ3v) is 5.05. The monoisotopic (exact) mass is 513 g/mol. The highest BCUT2D eigenvalue weighted by Gasteiger charge is 2.28. The van der Waals surface area contributed by atoms with Gasteiger partial charge in [0, 0.05) is 22.9 Å². The van der Waals surface area contributed by atoms with Crippen molar-refractivity contribution in [2.24, 2.45) is 17.4 Å². The molecule has 9 nitrogen and oxygen atoms in total. The second-order valence-corrected chi connectivity index (χ2v) is 7.94. The van der Waals surface area contributed by atoms with Crippen molar-refractivity contribution in [3.63, 3.8) is 0 Å². The molecule has 28 heavy (non-hydrogen) atoms. The van der Waals surface area contributed by atoms with E-state index in [9.17, 15) is 19.5 Å². The van der Waals surface area contributed by atoms with Gasteiger partial charge in [0.05, 0.1) is 6.04 Å². The molecule has 0 radical (unpaired) electrons. The average molecular weight is 513 g/mol. The average Bonchev–Trinajstić information content (AvgIpc) is 2.63. The number of hydrogen-bond donors (Lipinski definition) is 6. The molecule has 0 unspecified atom stereocenters. The normalized spacial score (nSPS) is 14.4. The summed E-state index contributed by atoms with van der Waals surface area (Å²) in [5.74, 6) is -1.69. The molecule has 10 heteroatoms. The van der Waals surface area contributed by atoms with E-state index in [4.69, 9.17) is 11.5 Å². The van der Waals surface area contributed by atoms with Crippen molar-refractivity contribution in [1.29, 1.82) is 0 Å². The van der Waals surface area contributed by atoms with Crippen LogP contribution in [0.1, 0.15) is 58.8 Å². The lowest BCUT2D eigenvalue weighted by atomic mass is 10.0. The van der Waals surface area contributed by atoms with Gasteiger partial charge in [-0.2, -0.15) is 0 Å². The minimum absolute atomic E-state index is 0.153. The maximum absolute atomic E-state index is 12.7. The van der Waals surface area contributed by atoms with E-state index in [0.717, 1.165) is 12.8 Å². The SMILES string of the molecule is CC(C)C[C@H](NC(=O)[C@H](CCCCN)NI)C(=O)N[C@@H](CCCCN)C(=O)O. The summed E-state index contributed by atoms with van der Waals surface area (Å²) in [7, 11) is 0. The first-order chi connectivity index (χ1) is 13.3. The number of carboxylic acids is 1. The molecule has 0 aromatic heterocycles. The van der Waals surface area contributed by atoms with Gasteiger partial charge in [-0.3, -0.25) is 9.59 Å². The highest BCUT2D eigenvalue weighted by molar-refractivity contribution is 14.1. The fourth-order valence-electron chi connectivity index (χ4n) is 2.73. The molecule has 0 saturated heterocycles. The van der Waals surface area contributed by atoms with Crippen LogP contribution >= 0.6 is 22.9 Å². The molecule has 0 aliphatic rings. The molecule has 0 rings (SSSR count). The van der Waals surface area contributed by atoms with Crippen LogP contribution in [0.3, 0.4) is 0 Å². The number of amides is 2. The zero-order valence-corrected chi connectivity index (χ0v) is 19.0. The highest BCUT2D eigenvalue weighted by atomic mass is 127. The standard InChI is InChI=1S/C18H36IN5O4/c1-12(2)11-15(23-16(25)13(24-19)7-3-5-9-20)17(26)22-14(18(27)28)8-4-6-10-21/h12-15,24H,3-11,20-21H2,1-2H3,(H,22,26)(H,23,25)(H,27,28)/t13-,14-,15-/m0/s1. The first kappa shape index (κ1) is 27.0. The summed E-state index contributed by atoms with van der Waals surface area (Å²) in [6, 6.07) is -2.21. The van der Waals surface area contributed by atoms with E-state index in [1.54, 1.807) is 0 Å². The van der Waals surface area contributed by atoms with Gasteiger partial charge in [0.15, 0.2) is 0 Å². The Bertz CT molecular complexity index is 479. The third kappa shape index (κ3) is 11.8. The van der Waals surface area contributed by atoms with Gasteiger partial charge in [-0.25, -0.2) is 8.32 Å². The van der Waals surface area contributed by atoms with E-state index >= 15 is 0 Å². The summed E-state index contributed by atoms with van der Waals surface area (Å²) in [6.45, 7) is 4.92. The Hall–Kier alpha value is -0.980. The maximum atomic E-state index is 12.7. The summed E-state index contributed by atoms with van der Waals surface area (Å²) in [5.41, 5.74) is 10.9. The number of nitrogens with two attached hydrogens (primary N) is 2. The predicted octanol–water partition coefficient (Wildman–Crippen LogP) is 0.653. The highest BCUT2D eigenvalue weighted by Crippen LogP contribution is 2.09. The molecular formula is C18H36IN5O4. The minimum atomic E-state index is -1.09. The smallest absolute Gasteiger partial charge is 0.326 e. The molecule has 3 atom stereocenters. The van der Waals surface area contributed by atoms with E-state index < -0.39 is 30.0 Å². The Morgan fingerprint density at radius 2 is 1.32 bits per heavy atom. The van der Waals surface area contributed by atoms with Crippen molar-refractivity contribution in [2.75, 3.05) is 13.1 Å². The molecule has 0 aromatic carbocycles. The van der Waals surface area contributed by atoms with E-state index in [2.05, 4.69) is 14.2 Å².